The number of fused-ring (bicyclic) bond motifs is 1. The van der Waals surface area contributed by atoms with Crippen LogP contribution >= 0.6 is 0 Å². The number of anilines is 1. The molecule has 39 heavy (non-hydrogen) atoms. The normalized spacial score (nSPS) is 24.8. The summed E-state index contributed by atoms with van der Waals surface area (Å²) in [6.07, 6.45) is 3.16. The Balaban J connectivity index is 1.14. The number of hydrogen-bond donors (Lipinski definition) is 0. The third kappa shape index (κ3) is 4.42. The van der Waals surface area contributed by atoms with Crippen molar-refractivity contribution in [3.63, 3.8) is 0 Å². The van der Waals surface area contributed by atoms with Crippen molar-refractivity contribution in [1.29, 1.82) is 0 Å². The zero-order chi connectivity index (χ0) is 27.7. The Morgan fingerprint density at radius 1 is 1.08 bits per heavy atom. The van der Waals surface area contributed by atoms with Gasteiger partial charge in [-0.25, -0.2) is 31.6 Å². The standard InChI is InChI=1S/C25H26F3N5O5S/c1-39(36,37)17-12-32(13-17)22(34)21-18(28)11-29-24(30-21)31-6-4-25(5-7-31)23(35)33-19(2-3-20(33)38-25)14-8-15(26)10-16(27)9-14/h8-11,17,19-20H,2-7,12-13H2,1H3/t19-,20+/m0/s1. The van der Waals surface area contributed by atoms with Crippen molar-refractivity contribution in [3.8, 4) is 0 Å². The van der Waals surface area contributed by atoms with E-state index in [9.17, 15) is 31.2 Å². The van der Waals surface area contributed by atoms with Crippen LogP contribution in [0, 0.1) is 17.5 Å². The van der Waals surface area contributed by atoms with E-state index in [1.807, 2.05) is 0 Å². The van der Waals surface area contributed by atoms with E-state index in [1.165, 1.54) is 17.0 Å². The Hall–Kier alpha value is -3.26. The number of carbonyl (C=O) groups is 2. The molecule has 5 heterocycles. The first-order valence-corrected chi connectivity index (χ1v) is 14.6. The number of sulfone groups is 1. The van der Waals surface area contributed by atoms with Crippen LogP contribution < -0.4 is 4.90 Å². The van der Waals surface area contributed by atoms with Gasteiger partial charge in [0, 0.05) is 51.3 Å². The van der Waals surface area contributed by atoms with Crippen molar-refractivity contribution in [1.82, 2.24) is 19.8 Å². The van der Waals surface area contributed by atoms with Gasteiger partial charge in [0.05, 0.1) is 17.5 Å². The molecule has 6 rings (SSSR count). The number of nitrogens with zero attached hydrogens (tertiary/aromatic N) is 5. The molecule has 4 aliphatic rings. The van der Waals surface area contributed by atoms with Crippen molar-refractivity contribution in [2.24, 2.45) is 0 Å². The average molecular weight is 566 g/mol. The van der Waals surface area contributed by atoms with Gasteiger partial charge in [0.15, 0.2) is 26.9 Å². The summed E-state index contributed by atoms with van der Waals surface area (Å²) in [7, 11) is -3.30. The number of benzene rings is 1. The molecule has 0 aliphatic carbocycles. The summed E-state index contributed by atoms with van der Waals surface area (Å²) in [6.45, 7) is 0.543. The number of rotatable bonds is 4. The van der Waals surface area contributed by atoms with Gasteiger partial charge in [-0.1, -0.05) is 0 Å². The van der Waals surface area contributed by atoms with Crippen LogP contribution in [0.25, 0.3) is 0 Å². The second-order valence-corrected chi connectivity index (χ2v) is 12.9. The summed E-state index contributed by atoms with van der Waals surface area (Å²) < 4.78 is 71.7. The minimum atomic E-state index is -3.30. The van der Waals surface area contributed by atoms with Gasteiger partial charge >= 0.3 is 0 Å². The first-order valence-electron chi connectivity index (χ1n) is 12.7. The topological polar surface area (TPSA) is 113 Å². The molecule has 0 unspecified atom stereocenters. The van der Waals surface area contributed by atoms with Crippen molar-refractivity contribution in [2.45, 2.75) is 48.8 Å². The van der Waals surface area contributed by atoms with Gasteiger partial charge in [-0.05, 0) is 30.5 Å². The highest BCUT2D eigenvalue weighted by Crippen LogP contribution is 2.48. The van der Waals surface area contributed by atoms with Crippen LogP contribution in [0.2, 0.25) is 0 Å². The smallest absolute Gasteiger partial charge is 0.275 e. The molecule has 2 amide bonds. The summed E-state index contributed by atoms with van der Waals surface area (Å²) in [6, 6.07) is 2.79. The minimum Gasteiger partial charge on any atom is -0.342 e. The number of aromatic nitrogens is 2. The molecule has 1 spiro atoms. The highest BCUT2D eigenvalue weighted by molar-refractivity contribution is 7.91. The van der Waals surface area contributed by atoms with Crippen LogP contribution in [0.5, 0.6) is 0 Å². The zero-order valence-electron chi connectivity index (χ0n) is 21.0. The molecule has 0 radical (unpaired) electrons. The third-order valence-corrected chi connectivity index (χ3v) is 9.63. The maximum atomic E-state index is 14.5. The van der Waals surface area contributed by atoms with Gasteiger partial charge in [0.25, 0.3) is 11.8 Å². The average Bonchev–Trinajstić information content (AvgIpc) is 3.35. The Bertz CT molecular complexity index is 1440. The number of ether oxygens (including phenoxy) is 1. The molecule has 4 saturated heterocycles. The Kier molecular flexibility index (Phi) is 6.10. The van der Waals surface area contributed by atoms with Crippen LogP contribution in [0.4, 0.5) is 19.1 Å². The quantitative estimate of drug-likeness (QED) is 0.552. The van der Waals surface area contributed by atoms with Crippen molar-refractivity contribution < 1.29 is 35.9 Å². The fourth-order valence-corrected chi connectivity index (χ4v) is 6.79. The first kappa shape index (κ1) is 26.0. The fourth-order valence-electron chi connectivity index (χ4n) is 5.89. The number of likely N-dealkylation sites (tertiary alicyclic amines) is 1. The fraction of sp³-hybridized carbons (Fsp3) is 0.520. The number of halogens is 3. The summed E-state index contributed by atoms with van der Waals surface area (Å²) in [5, 5.41) is -0.678. The lowest BCUT2D eigenvalue weighted by molar-refractivity contribution is -0.140. The molecule has 2 aromatic rings. The van der Waals surface area contributed by atoms with Crippen LogP contribution in [0.1, 0.15) is 47.8 Å². The predicted molar refractivity (Wildman–Crippen MR) is 131 cm³/mol. The van der Waals surface area contributed by atoms with Crippen molar-refractivity contribution in [3.05, 3.63) is 53.1 Å². The molecule has 1 aromatic carbocycles. The Labute approximate surface area is 222 Å². The highest BCUT2D eigenvalue weighted by atomic mass is 32.2. The van der Waals surface area contributed by atoms with E-state index >= 15 is 0 Å². The second kappa shape index (κ2) is 9.15. The summed E-state index contributed by atoms with van der Waals surface area (Å²) >= 11 is 0. The van der Waals surface area contributed by atoms with Gasteiger partial charge in [-0.3, -0.25) is 9.59 Å². The molecule has 0 saturated carbocycles. The van der Waals surface area contributed by atoms with E-state index in [0.29, 0.717) is 31.5 Å². The Morgan fingerprint density at radius 2 is 1.74 bits per heavy atom. The maximum Gasteiger partial charge on any atom is 0.275 e. The summed E-state index contributed by atoms with van der Waals surface area (Å²) in [5.41, 5.74) is -1.14. The Morgan fingerprint density at radius 3 is 2.38 bits per heavy atom. The minimum absolute atomic E-state index is 0.0247. The lowest BCUT2D eigenvalue weighted by Gasteiger charge is -2.38. The van der Waals surface area contributed by atoms with E-state index < -0.39 is 62.0 Å². The molecule has 4 fully saturated rings. The number of piperidine rings is 1. The SMILES string of the molecule is CS(=O)(=O)C1CN(C(=O)c2nc(N3CCC4(CC3)O[C@@H]3CC[C@@H](c5cc(F)cc(F)c5)N3C4=O)ncc2F)C1. The van der Waals surface area contributed by atoms with E-state index in [4.69, 9.17) is 4.74 Å². The molecule has 4 aliphatic heterocycles. The van der Waals surface area contributed by atoms with E-state index in [0.717, 1.165) is 18.5 Å². The van der Waals surface area contributed by atoms with E-state index in [2.05, 4.69) is 9.97 Å². The summed E-state index contributed by atoms with van der Waals surface area (Å²) in [5.74, 6) is -3.13. The maximum absolute atomic E-state index is 14.5. The molecule has 0 bridgehead atoms. The van der Waals surface area contributed by atoms with Crippen LogP contribution in [0.3, 0.4) is 0 Å². The number of amides is 2. The highest BCUT2D eigenvalue weighted by Gasteiger charge is 2.58. The lowest BCUT2D eigenvalue weighted by atomic mass is 9.89. The van der Waals surface area contributed by atoms with Crippen molar-refractivity contribution in [2.75, 3.05) is 37.3 Å². The second-order valence-electron chi connectivity index (χ2n) is 10.6. The van der Waals surface area contributed by atoms with E-state index in [-0.39, 0.29) is 37.8 Å². The zero-order valence-corrected chi connectivity index (χ0v) is 21.8. The summed E-state index contributed by atoms with van der Waals surface area (Å²) in [4.78, 5) is 39.1. The van der Waals surface area contributed by atoms with Crippen LogP contribution in [-0.2, 0) is 19.4 Å². The lowest BCUT2D eigenvalue weighted by Crippen LogP contribution is -2.57. The molecule has 208 valence electrons. The molecule has 1 aromatic heterocycles. The van der Waals surface area contributed by atoms with Gasteiger partial charge in [0.2, 0.25) is 5.95 Å². The molecule has 14 heteroatoms. The molecular formula is C25H26F3N5O5S. The van der Waals surface area contributed by atoms with Crippen LogP contribution in [-0.4, -0.2) is 89.5 Å². The van der Waals surface area contributed by atoms with Gasteiger partial charge in [0.1, 0.15) is 17.9 Å². The number of hydrogen-bond acceptors (Lipinski definition) is 8. The van der Waals surface area contributed by atoms with Gasteiger partial charge in [-0.2, -0.15) is 0 Å². The largest absolute Gasteiger partial charge is 0.342 e. The molecular weight excluding hydrogens is 539 g/mol. The predicted octanol–water partition coefficient (Wildman–Crippen LogP) is 1.82. The van der Waals surface area contributed by atoms with Crippen molar-refractivity contribution >= 4 is 27.6 Å². The molecule has 10 nitrogen and oxygen atoms in total. The molecule has 2 atom stereocenters. The number of carbonyl (C=O) groups excluding carboxylic acids is 2. The van der Waals surface area contributed by atoms with Crippen LogP contribution in [0.15, 0.2) is 24.4 Å². The monoisotopic (exact) mass is 565 g/mol. The molecule has 0 N–H and O–H groups in total. The first-order chi connectivity index (χ1) is 18.4. The van der Waals surface area contributed by atoms with Gasteiger partial charge < -0.3 is 19.4 Å². The van der Waals surface area contributed by atoms with E-state index in [1.54, 1.807) is 9.80 Å². The third-order valence-electron chi connectivity index (χ3n) is 8.12. The van der Waals surface area contributed by atoms with Gasteiger partial charge in [-0.15, -0.1) is 0 Å².